The molecule has 8 heteroatoms. The van der Waals surface area contributed by atoms with Gasteiger partial charge in [-0.25, -0.2) is 9.48 Å². The van der Waals surface area contributed by atoms with E-state index in [0.717, 1.165) is 11.3 Å². The number of halogens is 1. The van der Waals surface area contributed by atoms with E-state index in [4.69, 9.17) is 21.1 Å². The van der Waals surface area contributed by atoms with Crippen molar-refractivity contribution in [2.75, 3.05) is 20.8 Å². The number of para-hydroxylation sites is 1. The van der Waals surface area contributed by atoms with Gasteiger partial charge in [-0.3, -0.25) is 4.79 Å². The zero-order chi connectivity index (χ0) is 20.8. The predicted octanol–water partition coefficient (Wildman–Crippen LogP) is 3.35. The highest BCUT2D eigenvalue weighted by Crippen LogP contribution is 2.20. The van der Waals surface area contributed by atoms with Crippen LogP contribution in [-0.2, 0) is 16.1 Å². The van der Waals surface area contributed by atoms with Crippen LogP contribution in [0.15, 0.2) is 60.8 Å². The normalized spacial score (nSPS) is 10.4. The molecular formula is C21H20ClN3O4. The minimum atomic E-state index is -0.735. The number of esters is 1. The van der Waals surface area contributed by atoms with E-state index >= 15 is 0 Å². The van der Waals surface area contributed by atoms with E-state index in [1.807, 2.05) is 42.5 Å². The van der Waals surface area contributed by atoms with Gasteiger partial charge in [-0.1, -0.05) is 41.9 Å². The SMILES string of the molecule is COc1cn(-c2ccccc2)nc1C(=O)OCC(=O)N(C)Cc1cccc(Cl)c1. The molecule has 1 heterocycles. The highest BCUT2D eigenvalue weighted by molar-refractivity contribution is 6.30. The zero-order valence-electron chi connectivity index (χ0n) is 16.0. The third kappa shape index (κ3) is 5.14. The van der Waals surface area contributed by atoms with Gasteiger partial charge in [0.05, 0.1) is 19.0 Å². The predicted molar refractivity (Wildman–Crippen MR) is 108 cm³/mol. The molecule has 7 nitrogen and oxygen atoms in total. The number of methoxy groups -OCH3 is 1. The fourth-order valence-corrected chi connectivity index (χ4v) is 2.88. The summed E-state index contributed by atoms with van der Waals surface area (Å²) < 4.78 is 11.9. The number of hydrogen-bond donors (Lipinski definition) is 0. The first-order valence-corrected chi connectivity index (χ1v) is 9.20. The molecule has 3 aromatic rings. The Labute approximate surface area is 173 Å². The number of carbonyl (C=O) groups is 2. The molecule has 0 saturated carbocycles. The zero-order valence-corrected chi connectivity index (χ0v) is 16.8. The highest BCUT2D eigenvalue weighted by Gasteiger charge is 2.21. The Kier molecular flexibility index (Phi) is 6.51. The average Bonchev–Trinajstić information content (AvgIpc) is 3.17. The molecule has 0 aliphatic heterocycles. The van der Waals surface area contributed by atoms with Crippen molar-refractivity contribution < 1.29 is 19.1 Å². The van der Waals surface area contributed by atoms with Crippen LogP contribution in [0.4, 0.5) is 0 Å². The van der Waals surface area contributed by atoms with Crippen molar-refractivity contribution in [3.63, 3.8) is 0 Å². The van der Waals surface area contributed by atoms with Crippen molar-refractivity contribution in [2.24, 2.45) is 0 Å². The number of aromatic nitrogens is 2. The quantitative estimate of drug-likeness (QED) is 0.555. The Morgan fingerprint density at radius 1 is 1.14 bits per heavy atom. The second-order valence-electron chi connectivity index (χ2n) is 6.28. The maximum Gasteiger partial charge on any atom is 0.363 e. The molecule has 0 atom stereocenters. The van der Waals surface area contributed by atoms with Crippen molar-refractivity contribution in [2.45, 2.75) is 6.54 Å². The van der Waals surface area contributed by atoms with Gasteiger partial charge in [-0.05, 0) is 29.8 Å². The third-order valence-electron chi connectivity index (χ3n) is 4.18. The monoisotopic (exact) mass is 413 g/mol. The lowest BCUT2D eigenvalue weighted by Gasteiger charge is -2.17. The van der Waals surface area contributed by atoms with Crippen LogP contribution in [-0.4, -0.2) is 47.3 Å². The summed E-state index contributed by atoms with van der Waals surface area (Å²) in [5, 5.41) is 4.82. The lowest BCUT2D eigenvalue weighted by atomic mass is 10.2. The molecule has 0 aliphatic carbocycles. The minimum absolute atomic E-state index is 0.00153. The number of hydrogen-bond acceptors (Lipinski definition) is 5. The molecule has 2 aromatic carbocycles. The summed E-state index contributed by atoms with van der Waals surface area (Å²) in [5.41, 5.74) is 1.65. The summed E-state index contributed by atoms with van der Waals surface area (Å²) in [6, 6.07) is 16.5. The fraction of sp³-hybridized carbons (Fsp3) is 0.190. The fourth-order valence-electron chi connectivity index (χ4n) is 2.67. The highest BCUT2D eigenvalue weighted by atomic mass is 35.5. The van der Waals surface area contributed by atoms with E-state index < -0.39 is 12.6 Å². The molecular weight excluding hydrogens is 394 g/mol. The van der Waals surface area contributed by atoms with Crippen LogP contribution in [0.3, 0.4) is 0 Å². The summed E-state index contributed by atoms with van der Waals surface area (Å²) in [5.74, 6) is -0.820. The largest absolute Gasteiger partial charge is 0.493 e. The smallest absolute Gasteiger partial charge is 0.363 e. The second kappa shape index (κ2) is 9.25. The van der Waals surface area contributed by atoms with Crippen LogP contribution < -0.4 is 4.74 Å². The molecule has 0 spiro atoms. The summed E-state index contributed by atoms with van der Waals surface area (Å²) in [4.78, 5) is 26.2. The number of likely N-dealkylation sites (N-methyl/N-ethyl adjacent to an activating group) is 1. The Bertz CT molecular complexity index is 1000. The first-order valence-electron chi connectivity index (χ1n) is 8.82. The standard InChI is InChI=1S/C21H20ClN3O4/c1-24(12-15-7-6-8-16(22)11-15)19(26)14-29-21(27)20-18(28-2)13-25(23-20)17-9-4-3-5-10-17/h3-11,13H,12,14H2,1-2H3. The van der Waals surface area contributed by atoms with Gasteiger partial charge < -0.3 is 14.4 Å². The van der Waals surface area contributed by atoms with Gasteiger partial charge >= 0.3 is 5.97 Å². The van der Waals surface area contributed by atoms with E-state index in [1.54, 1.807) is 25.4 Å². The molecule has 150 valence electrons. The average molecular weight is 414 g/mol. The molecule has 0 aliphatic rings. The van der Waals surface area contributed by atoms with Gasteiger partial charge in [0.15, 0.2) is 12.4 Å². The molecule has 29 heavy (non-hydrogen) atoms. The van der Waals surface area contributed by atoms with Gasteiger partial charge in [0.2, 0.25) is 5.69 Å². The summed E-state index contributed by atoms with van der Waals surface area (Å²) in [7, 11) is 3.06. The molecule has 1 aromatic heterocycles. The van der Waals surface area contributed by atoms with E-state index in [1.165, 1.54) is 16.7 Å². The van der Waals surface area contributed by atoms with E-state index in [2.05, 4.69) is 5.10 Å². The molecule has 0 saturated heterocycles. The number of nitrogens with zero attached hydrogens (tertiary/aromatic N) is 3. The maximum atomic E-state index is 12.4. The van der Waals surface area contributed by atoms with E-state index in [-0.39, 0.29) is 17.4 Å². The summed E-state index contributed by atoms with van der Waals surface area (Å²) >= 11 is 5.96. The van der Waals surface area contributed by atoms with Crippen LogP contribution in [0.2, 0.25) is 5.02 Å². The Morgan fingerprint density at radius 2 is 1.90 bits per heavy atom. The van der Waals surface area contributed by atoms with Crippen LogP contribution in [0.5, 0.6) is 5.75 Å². The summed E-state index contributed by atoms with van der Waals surface area (Å²) in [6.07, 6.45) is 1.58. The number of ether oxygens (including phenoxy) is 2. The van der Waals surface area contributed by atoms with Crippen LogP contribution >= 0.6 is 11.6 Å². The first kappa shape index (κ1) is 20.4. The lowest BCUT2D eigenvalue weighted by molar-refractivity contribution is -0.133. The van der Waals surface area contributed by atoms with Gasteiger partial charge in [-0.2, -0.15) is 5.10 Å². The minimum Gasteiger partial charge on any atom is -0.493 e. The number of benzene rings is 2. The van der Waals surface area contributed by atoms with Crippen molar-refractivity contribution in [3.8, 4) is 11.4 Å². The third-order valence-corrected chi connectivity index (χ3v) is 4.41. The van der Waals surface area contributed by atoms with Crippen LogP contribution in [0.1, 0.15) is 16.1 Å². The first-order chi connectivity index (χ1) is 14.0. The molecule has 0 unspecified atom stereocenters. The van der Waals surface area contributed by atoms with Crippen molar-refractivity contribution >= 4 is 23.5 Å². The molecule has 0 bridgehead atoms. The molecule has 0 N–H and O–H groups in total. The molecule has 1 amide bonds. The van der Waals surface area contributed by atoms with E-state index in [0.29, 0.717) is 11.6 Å². The van der Waals surface area contributed by atoms with Crippen LogP contribution in [0.25, 0.3) is 5.69 Å². The Hall–Kier alpha value is -3.32. The molecule has 0 fully saturated rings. The van der Waals surface area contributed by atoms with Crippen molar-refractivity contribution in [1.29, 1.82) is 0 Å². The van der Waals surface area contributed by atoms with Gasteiger partial charge in [0.1, 0.15) is 0 Å². The van der Waals surface area contributed by atoms with Crippen molar-refractivity contribution in [3.05, 3.63) is 77.1 Å². The Balaban J connectivity index is 1.62. The maximum absolute atomic E-state index is 12.4. The van der Waals surface area contributed by atoms with Gasteiger partial charge in [0.25, 0.3) is 5.91 Å². The second-order valence-corrected chi connectivity index (χ2v) is 6.72. The number of carbonyl (C=O) groups excluding carboxylic acids is 2. The lowest BCUT2D eigenvalue weighted by Crippen LogP contribution is -2.31. The Morgan fingerprint density at radius 3 is 2.59 bits per heavy atom. The molecule has 3 rings (SSSR count). The molecule has 0 radical (unpaired) electrons. The topological polar surface area (TPSA) is 73.7 Å². The number of amides is 1. The van der Waals surface area contributed by atoms with Gasteiger partial charge in [-0.15, -0.1) is 0 Å². The number of rotatable bonds is 7. The van der Waals surface area contributed by atoms with Crippen LogP contribution in [0, 0.1) is 0 Å². The van der Waals surface area contributed by atoms with Crippen molar-refractivity contribution in [1.82, 2.24) is 14.7 Å². The van der Waals surface area contributed by atoms with Gasteiger partial charge in [0, 0.05) is 18.6 Å². The summed E-state index contributed by atoms with van der Waals surface area (Å²) in [6.45, 7) is -0.0554. The van der Waals surface area contributed by atoms with E-state index in [9.17, 15) is 9.59 Å².